The Bertz CT molecular complexity index is 832. The van der Waals surface area contributed by atoms with Crippen LogP contribution in [-0.2, 0) is 10.0 Å². The second-order valence-electron chi connectivity index (χ2n) is 5.18. The standard InChI is InChI=1S/C17H18ClNO4S/c1-3-10-23-17-11-15(8-9-16(17)18)24(21,22)19-14-6-4-13(5-7-14)12(2)20/h4-9,11,19H,3,10H2,1-2H3. The third kappa shape index (κ3) is 4.49. The van der Waals surface area contributed by atoms with E-state index in [1.165, 1.54) is 25.1 Å². The van der Waals surface area contributed by atoms with E-state index >= 15 is 0 Å². The highest BCUT2D eigenvalue weighted by Gasteiger charge is 2.17. The van der Waals surface area contributed by atoms with Crippen LogP contribution in [0.5, 0.6) is 5.75 Å². The summed E-state index contributed by atoms with van der Waals surface area (Å²) in [6, 6.07) is 10.5. The van der Waals surface area contributed by atoms with Crippen LogP contribution < -0.4 is 9.46 Å². The summed E-state index contributed by atoms with van der Waals surface area (Å²) >= 11 is 6.02. The fourth-order valence-corrected chi connectivity index (χ4v) is 3.21. The quantitative estimate of drug-likeness (QED) is 0.747. The summed E-state index contributed by atoms with van der Waals surface area (Å²) in [4.78, 5) is 11.3. The molecular formula is C17H18ClNO4S. The average Bonchev–Trinajstić information content (AvgIpc) is 2.54. The molecule has 2 aromatic rings. The van der Waals surface area contributed by atoms with Crippen LogP contribution in [0.1, 0.15) is 30.6 Å². The molecule has 0 aliphatic heterocycles. The van der Waals surface area contributed by atoms with Gasteiger partial charge in [0, 0.05) is 17.3 Å². The normalized spacial score (nSPS) is 11.1. The maximum Gasteiger partial charge on any atom is 0.262 e. The van der Waals surface area contributed by atoms with Crippen LogP contribution in [0.25, 0.3) is 0 Å². The Morgan fingerprint density at radius 3 is 2.42 bits per heavy atom. The number of rotatable bonds is 7. The Morgan fingerprint density at radius 1 is 1.17 bits per heavy atom. The highest BCUT2D eigenvalue weighted by molar-refractivity contribution is 7.92. The van der Waals surface area contributed by atoms with Gasteiger partial charge in [0.25, 0.3) is 10.0 Å². The summed E-state index contributed by atoms with van der Waals surface area (Å²) in [6.45, 7) is 3.84. The van der Waals surface area contributed by atoms with Crippen molar-refractivity contribution >= 4 is 33.1 Å². The molecule has 0 aliphatic rings. The second kappa shape index (κ2) is 7.68. The minimum atomic E-state index is -3.78. The van der Waals surface area contributed by atoms with Gasteiger partial charge in [0.05, 0.1) is 16.5 Å². The third-order valence-corrected chi connectivity index (χ3v) is 4.91. The average molecular weight is 368 g/mol. The molecule has 0 bridgehead atoms. The van der Waals surface area contributed by atoms with Crippen LogP contribution in [0.15, 0.2) is 47.4 Å². The van der Waals surface area contributed by atoms with Crippen molar-refractivity contribution in [2.45, 2.75) is 25.2 Å². The minimum Gasteiger partial charge on any atom is -0.492 e. The van der Waals surface area contributed by atoms with Crippen LogP contribution in [0.4, 0.5) is 5.69 Å². The first kappa shape index (κ1) is 18.3. The fourth-order valence-electron chi connectivity index (χ4n) is 1.96. The molecule has 0 saturated carbocycles. The summed E-state index contributed by atoms with van der Waals surface area (Å²) < 4.78 is 32.9. The Kier molecular flexibility index (Phi) is 5.85. The molecule has 0 spiro atoms. The molecule has 0 amide bonds. The maximum atomic E-state index is 12.5. The van der Waals surface area contributed by atoms with Gasteiger partial charge in [-0.25, -0.2) is 8.42 Å². The highest BCUT2D eigenvalue weighted by atomic mass is 35.5. The Labute approximate surface area is 146 Å². The van der Waals surface area contributed by atoms with Crippen molar-refractivity contribution in [2.75, 3.05) is 11.3 Å². The van der Waals surface area contributed by atoms with Crippen molar-refractivity contribution in [3.63, 3.8) is 0 Å². The number of sulfonamides is 1. The first-order valence-electron chi connectivity index (χ1n) is 7.39. The van der Waals surface area contributed by atoms with Gasteiger partial charge >= 0.3 is 0 Å². The van der Waals surface area contributed by atoms with Crippen molar-refractivity contribution in [2.24, 2.45) is 0 Å². The molecule has 0 heterocycles. The highest BCUT2D eigenvalue weighted by Crippen LogP contribution is 2.28. The molecule has 0 saturated heterocycles. The number of Topliss-reactive ketones (excluding diaryl/α,β-unsaturated/α-hetero) is 1. The van der Waals surface area contributed by atoms with Gasteiger partial charge in [-0.3, -0.25) is 9.52 Å². The van der Waals surface area contributed by atoms with Gasteiger partial charge in [0.15, 0.2) is 5.78 Å². The zero-order chi connectivity index (χ0) is 17.7. The summed E-state index contributed by atoms with van der Waals surface area (Å²) in [5, 5.41) is 0.355. The summed E-state index contributed by atoms with van der Waals surface area (Å²) in [6.07, 6.45) is 0.786. The minimum absolute atomic E-state index is 0.0497. The van der Waals surface area contributed by atoms with E-state index in [1.54, 1.807) is 24.3 Å². The number of anilines is 1. The van der Waals surface area contributed by atoms with E-state index in [1.807, 2.05) is 6.92 Å². The lowest BCUT2D eigenvalue weighted by Gasteiger charge is -2.11. The monoisotopic (exact) mass is 367 g/mol. The fraction of sp³-hybridized carbons (Fsp3) is 0.235. The lowest BCUT2D eigenvalue weighted by atomic mass is 10.1. The van der Waals surface area contributed by atoms with Gasteiger partial charge in [0.2, 0.25) is 0 Å². The summed E-state index contributed by atoms with van der Waals surface area (Å²) in [5.74, 6) is 0.244. The first-order valence-corrected chi connectivity index (χ1v) is 9.26. The van der Waals surface area contributed by atoms with E-state index in [0.717, 1.165) is 6.42 Å². The number of ketones is 1. The largest absolute Gasteiger partial charge is 0.492 e. The predicted octanol–water partition coefficient (Wildman–Crippen LogP) is 4.13. The molecule has 2 aromatic carbocycles. The van der Waals surface area contributed by atoms with Crippen LogP contribution >= 0.6 is 11.6 Å². The van der Waals surface area contributed by atoms with Crippen LogP contribution in [-0.4, -0.2) is 20.8 Å². The molecular weight excluding hydrogens is 350 g/mol. The number of carbonyl (C=O) groups excluding carboxylic acids is 1. The smallest absolute Gasteiger partial charge is 0.262 e. The number of nitrogens with one attached hydrogen (secondary N) is 1. The van der Waals surface area contributed by atoms with Crippen molar-refractivity contribution < 1.29 is 17.9 Å². The van der Waals surface area contributed by atoms with E-state index in [9.17, 15) is 13.2 Å². The predicted molar refractivity (Wildman–Crippen MR) is 94.5 cm³/mol. The van der Waals surface area contributed by atoms with Gasteiger partial charge in [-0.05, 0) is 49.7 Å². The zero-order valence-corrected chi connectivity index (χ0v) is 14.9. The molecule has 0 aromatic heterocycles. The summed E-state index contributed by atoms with van der Waals surface area (Å²) in [5.41, 5.74) is 0.880. The number of halogens is 1. The van der Waals surface area contributed by atoms with Crippen molar-refractivity contribution in [3.05, 3.63) is 53.1 Å². The van der Waals surface area contributed by atoms with E-state index in [2.05, 4.69) is 4.72 Å². The molecule has 0 fully saturated rings. The second-order valence-corrected chi connectivity index (χ2v) is 7.27. The van der Waals surface area contributed by atoms with Gasteiger partial charge in [-0.1, -0.05) is 18.5 Å². The molecule has 1 N–H and O–H groups in total. The third-order valence-electron chi connectivity index (χ3n) is 3.22. The number of hydrogen-bond acceptors (Lipinski definition) is 4. The molecule has 0 radical (unpaired) electrons. The topological polar surface area (TPSA) is 72.5 Å². The Morgan fingerprint density at radius 2 is 1.83 bits per heavy atom. The van der Waals surface area contributed by atoms with E-state index < -0.39 is 10.0 Å². The number of benzene rings is 2. The van der Waals surface area contributed by atoms with Crippen molar-refractivity contribution in [1.29, 1.82) is 0 Å². The maximum absolute atomic E-state index is 12.5. The molecule has 128 valence electrons. The summed E-state index contributed by atoms with van der Waals surface area (Å²) in [7, 11) is -3.78. The molecule has 0 aliphatic carbocycles. The lowest BCUT2D eigenvalue weighted by molar-refractivity contribution is 0.101. The van der Waals surface area contributed by atoms with Crippen molar-refractivity contribution in [3.8, 4) is 5.75 Å². The Hall–Kier alpha value is -2.05. The van der Waals surface area contributed by atoms with Gasteiger partial charge < -0.3 is 4.74 Å². The number of carbonyl (C=O) groups is 1. The van der Waals surface area contributed by atoms with Gasteiger partial charge in [-0.15, -0.1) is 0 Å². The molecule has 5 nitrogen and oxygen atoms in total. The SMILES string of the molecule is CCCOc1cc(S(=O)(=O)Nc2ccc(C(C)=O)cc2)ccc1Cl. The molecule has 7 heteroatoms. The van der Waals surface area contributed by atoms with E-state index in [4.69, 9.17) is 16.3 Å². The number of ether oxygens (including phenoxy) is 1. The first-order chi connectivity index (χ1) is 11.3. The van der Waals surface area contributed by atoms with Crippen LogP contribution in [0.3, 0.4) is 0 Å². The number of hydrogen-bond donors (Lipinski definition) is 1. The van der Waals surface area contributed by atoms with E-state index in [-0.39, 0.29) is 10.7 Å². The zero-order valence-electron chi connectivity index (χ0n) is 13.4. The Balaban J connectivity index is 2.25. The van der Waals surface area contributed by atoms with Crippen LogP contribution in [0, 0.1) is 0 Å². The lowest BCUT2D eigenvalue weighted by Crippen LogP contribution is -2.13. The van der Waals surface area contributed by atoms with Crippen LogP contribution in [0.2, 0.25) is 5.02 Å². The molecule has 24 heavy (non-hydrogen) atoms. The van der Waals surface area contributed by atoms with E-state index in [0.29, 0.717) is 28.6 Å². The molecule has 2 rings (SSSR count). The van der Waals surface area contributed by atoms with Gasteiger partial charge in [0.1, 0.15) is 5.75 Å². The molecule has 0 unspecified atom stereocenters. The molecule has 0 atom stereocenters. The van der Waals surface area contributed by atoms with Crippen molar-refractivity contribution in [1.82, 2.24) is 0 Å². The van der Waals surface area contributed by atoms with Gasteiger partial charge in [-0.2, -0.15) is 0 Å².